The lowest BCUT2D eigenvalue weighted by atomic mass is 10.00. The molecule has 0 amide bonds. The highest BCUT2D eigenvalue weighted by Gasteiger charge is 2.46. The lowest BCUT2D eigenvalue weighted by Crippen LogP contribution is -2.38. The van der Waals surface area contributed by atoms with E-state index in [1.165, 1.54) is 6.08 Å². The van der Waals surface area contributed by atoms with E-state index in [0.29, 0.717) is 15.6 Å². The van der Waals surface area contributed by atoms with Crippen LogP contribution in [-0.2, 0) is 4.79 Å². The smallest absolute Gasteiger partial charge is 0.429 e. The molecule has 2 rings (SSSR count). The predicted octanol–water partition coefficient (Wildman–Crippen LogP) is 3.66. The van der Waals surface area contributed by atoms with Crippen LogP contribution in [-0.4, -0.2) is 18.6 Å². The van der Waals surface area contributed by atoms with Gasteiger partial charge in [-0.25, -0.2) is 0 Å². The summed E-state index contributed by atoms with van der Waals surface area (Å²) in [4.78, 5) is 10.7. The van der Waals surface area contributed by atoms with Crippen LogP contribution in [0.15, 0.2) is 22.2 Å². The second kappa shape index (κ2) is 4.42. The summed E-state index contributed by atoms with van der Waals surface area (Å²) >= 11 is 3.24. The fraction of sp³-hybridized carbons (Fsp3) is 0.250. The molecule has 1 aromatic rings. The molecule has 0 saturated heterocycles. The molecule has 1 atom stereocenters. The minimum atomic E-state index is -4.61. The van der Waals surface area contributed by atoms with Crippen molar-refractivity contribution in [2.45, 2.75) is 19.2 Å². The topological polar surface area (TPSA) is 26.3 Å². The highest BCUT2D eigenvalue weighted by atomic mass is 79.9. The van der Waals surface area contributed by atoms with Gasteiger partial charge in [0.25, 0.3) is 0 Å². The zero-order valence-corrected chi connectivity index (χ0v) is 10.8. The summed E-state index contributed by atoms with van der Waals surface area (Å²) < 4.78 is 43.9. The van der Waals surface area contributed by atoms with Crippen LogP contribution in [0, 0.1) is 6.92 Å². The third-order valence-electron chi connectivity index (χ3n) is 2.56. The number of benzene rings is 1. The van der Waals surface area contributed by atoms with Gasteiger partial charge in [0.1, 0.15) is 12.0 Å². The lowest BCUT2D eigenvalue weighted by molar-refractivity contribution is -0.184. The Hall–Kier alpha value is -1.30. The number of carbonyl (C=O) groups excluding carboxylic acids is 1. The van der Waals surface area contributed by atoms with Crippen molar-refractivity contribution in [1.29, 1.82) is 0 Å². The highest BCUT2D eigenvalue weighted by Crippen LogP contribution is 2.39. The first kappa shape index (κ1) is 13.1. The van der Waals surface area contributed by atoms with Crippen molar-refractivity contribution in [3.8, 4) is 5.75 Å². The molecule has 0 spiro atoms. The molecular weight excluding hydrogens is 313 g/mol. The van der Waals surface area contributed by atoms with Crippen LogP contribution in [0.1, 0.15) is 11.1 Å². The molecule has 0 radical (unpaired) electrons. The molecule has 6 heteroatoms. The van der Waals surface area contributed by atoms with Crippen molar-refractivity contribution in [2.24, 2.45) is 0 Å². The van der Waals surface area contributed by atoms with Crippen LogP contribution in [0.5, 0.6) is 5.75 Å². The number of rotatable bonds is 1. The Morgan fingerprint density at radius 3 is 2.61 bits per heavy atom. The number of carbonyl (C=O) groups is 1. The summed E-state index contributed by atoms with van der Waals surface area (Å²) in [5, 5.41) is 0. The van der Waals surface area contributed by atoms with E-state index >= 15 is 0 Å². The molecule has 0 N–H and O–H groups in total. The number of hydrogen-bond donors (Lipinski definition) is 0. The van der Waals surface area contributed by atoms with Gasteiger partial charge in [0.2, 0.25) is 6.10 Å². The zero-order chi connectivity index (χ0) is 13.5. The van der Waals surface area contributed by atoms with Crippen LogP contribution in [0.25, 0.3) is 6.08 Å². The average molecular weight is 321 g/mol. The molecule has 0 aliphatic carbocycles. The first-order valence-electron chi connectivity index (χ1n) is 5.03. The summed E-state index contributed by atoms with van der Waals surface area (Å²) in [6.45, 7) is 1.65. The van der Waals surface area contributed by atoms with Gasteiger partial charge in [0.05, 0.1) is 0 Å². The van der Waals surface area contributed by atoms with Crippen LogP contribution in [0.4, 0.5) is 13.2 Å². The van der Waals surface area contributed by atoms with Gasteiger partial charge in [-0.2, -0.15) is 13.2 Å². The maximum atomic E-state index is 12.7. The fourth-order valence-corrected chi connectivity index (χ4v) is 2.41. The normalized spacial score (nSPS) is 18.7. The van der Waals surface area contributed by atoms with Gasteiger partial charge in [-0.05, 0) is 30.7 Å². The van der Waals surface area contributed by atoms with Crippen LogP contribution < -0.4 is 4.74 Å². The molecule has 96 valence electrons. The van der Waals surface area contributed by atoms with Crippen molar-refractivity contribution in [1.82, 2.24) is 0 Å². The molecule has 1 aliphatic rings. The Morgan fingerprint density at radius 2 is 2.06 bits per heavy atom. The molecule has 0 saturated carbocycles. The van der Waals surface area contributed by atoms with E-state index in [4.69, 9.17) is 4.74 Å². The first-order valence-corrected chi connectivity index (χ1v) is 5.82. The van der Waals surface area contributed by atoms with Crippen molar-refractivity contribution in [3.05, 3.63) is 33.3 Å². The van der Waals surface area contributed by atoms with Crippen LogP contribution >= 0.6 is 15.9 Å². The molecule has 0 aromatic heterocycles. The summed E-state index contributed by atoms with van der Waals surface area (Å²) in [5.41, 5.74) is 0.617. The molecule has 1 aromatic carbocycles. The summed E-state index contributed by atoms with van der Waals surface area (Å²) in [5.74, 6) is 0.158. The van der Waals surface area contributed by atoms with Crippen molar-refractivity contribution < 1.29 is 22.7 Å². The van der Waals surface area contributed by atoms with Crippen LogP contribution in [0.2, 0.25) is 0 Å². The molecule has 18 heavy (non-hydrogen) atoms. The second-order valence-corrected chi connectivity index (χ2v) is 4.86. The second-order valence-electron chi connectivity index (χ2n) is 3.94. The minimum absolute atomic E-state index is 0.158. The molecular formula is C12H8BrF3O2. The summed E-state index contributed by atoms with van der Waals surface area (Å²) in [7, 11) is 0. The number of hydrogen-bond acceptors (Lipinski definition) is 2. The number of halogens is 4. The zero-order valence-electron chi connectivity index (χ0n) is 9.22. The van der Waals surface area contributed by atoms with Gasteiger partial charge in [-0.1, -0.05) is 15.9 Å². The Kier molecular flexibility index (Phi) is 3.23. The fourth-order valence-electron chi connectivity index (χ4n) is 1.82. The molecule has 2 nitrogen and oxygen atoms in total. The van der Waals surface area contributed by atoms with Gasteiger partial charge in [-0.3, -0.25) is 4.79 Å². The van der Waals surface area contributed by atoms with Crippen molar-refractivity contribution >= 4 is 28.3 Å². The maximum Gasteiger partial charge on any atom is 0.429 e. The monoisotopic (exact) mass is 320 g/mol. The SMILES string of the molecule is Cc1cc(Br)cc2c1O[C@H](C(F)(F)F)C(C=O)=C2. The van der Waals surface area contributed by atoms with Gasteiger partial charge in [0, 0.05) is 15.6 Å². The largest absolute Gasteiger partial charge is 0.475 e. The van der Waals surface area contributed by atoms with E-state index in [0.717, 1.165) is 0 Å². The molecule has 0 fully saturated rings. The Balaban J connectivity index is 2.57. The van der Waals surface area contributed by atoms with Gasteiger partial charge >= 0.3 is 6.18 Å². The maximum absolute atomic E-state index is 12.7. The number of alkyl halides is 3. The van der Waals surface area contributed by atoms with Gasteiger partial charge in [-0.15, -0.1) is 0 Å². The molecule has 0 bridgehead atoms. The van der Waals surface area contributed by atoms with E-state index in [1.54, 1.807) is 19.1 Å². The van der Waals surface area contributed by atoms with E-state index < -0.39 is 17.9 Å². The van der Waals surface area contributed by atoms with E-state index in [9.17, 15) is 18.0 Å². The Labute approximate surface area is 110 Å². The van der Waals surface area contributed by atoms with Crippen molar-refractivity contribution in [2.75, 3.05) is 0 Å². The Morgan fingerprint density at radius 1 is 1.39 bits per heavy atom. The van der Waals surface area contributed by atoms with Gasteiger partial charge in [0.15, 0.2) is 0 Å². The quantitative estimate of drug-likeness (QED) is 0.738. The minimum Gasteiger partial charge on any atom is -0.475 e. The predicted molar refractivity (Wildman–Crippen MR) is 63.4 cm³/mol. The third kappa shape index (κ3) is 2.29. The Bertz CT molecular complexity index is 535. The standard InChI is InChI=1S/C12H8BrF3O2/c1-6-2-9(13)4-7-3-8(5-17)11(12(14,15)16)18-10(6)7/h2-5,11H,1H3/t11-/m0/s1. The van der Waals surface area contributed by atoms with E-state index in [1.807, 2.05) is 0 Å². The number of aryl methyl sites for hydroxylation is 1. The number of fused-ring (bicyclic) bond motifs is 1. The van der Waals surface area contributed by atoms with E-state index in [2.05, 4.69) is 15.9 Å². The average Bonchev–Trinajstić information content (AvgIpc) is 2.25. The first-order chi connectivity index (χ1) is 8.32. The molecule has 0 unspecified atom stereocenters. The number of ether oxygens (including phenoxy) is 1. The highest BCUT2D eigenvalue weighted by molar-refractivity contribution is 9.10. The third-order valence-corrected chi connectivity index (χ3v) is 3.02. The van der Waals surface area contributed by atoms with E-state index in [-0.39, 0.29) is 12.0 Å². The van der Waals surface area contributed by atoms with Crippen LogP contribution in [0.3, 0.4) is 0 Å². The summed E-state index contributed by atoms with van der Waals surface area (Å²) in [6, 6.07) is 3.27. The summed E-state index contributed by atoms with van der Waals surface area (Å²) in [6.07, 6.45) is -5.41. The molecule has 1 aliphatic heterocycles. The number of aldehydes is 1. The molecule has 1 heterocycles. The lowest BCUT2D eigenvalue weighted by Gasteiger charge is -2.27. The van der Waals surface area contributed by atoms with Crippen molar-refractivity contribution in [3.63, 3.8) is 0 Å². The van der Waals surface area contributed by atoms with Gasteiger partial charge < -0.3 is 4.74 Å².